The maximum atomic E-state index is 12.6. The number of rotatable bonds is 4. The van der Waals surface area contributed by atoms with E-state index in [0.717, 1.165) is 18.8 Å². The fraction of sp³-hybridized carbons (Fsp3) is 0.222. The summed E-state index contributed by atoms with van der Waals surface area (Å²) in [6.45, 7) is 5.81. The van der Waals surface area contributed by atoms with Crippen molar-refractivity contribution in [2.75, 3.05) is 18.0 Å². The number of benzene rings is 2. The lowest BCUT2D eigenvalue weighted by atomic mass is 10.2. The van der Waals surface area contributed by atoms with Gasteiger partial charge in [-0.2, -0.15) is 0 Å². The van der Waals surface area contributed by atoms with Gasteiger partial charge in [-0.25, -0.2) is 16.8 Å². The maximum absolute atomic E-state index is 12.6. The van der Waals surface area contributed by atoms with Crippen LogP contribution in [0.2, 0.25) is 0 Å². The van der Waals surface area contributed by atoms with Crippen molar-refractivity contribution < 1.29 is 16.8 Å². The summed E-state index contributed by atoms with van der Waals surface area (Å²) < 4.78 is 49.9. The van der Waals surface area contributed by atoms with Crippen LogP contribution in [0.4, 0.5) is 5.69 Å². The third kappa shape index (κ3) is 2.87. The summed E-state index contributed by atoms with van der Waals surface area (Å²) in [5, 5.41) is 0. The van der Waals surface area contributed by atoms with Gasteiger partial charge in [0.05, 0.1) is 9.79 Å². The van der Waals surface area contributed by atoms with Gasteiger partial charge in [-0.3, -0.25) is 0 Å². The van der Waals surface area contributed by atoms with Gasteiger partial charge in [-0.1, -0.05) is 24.3 Å². The molecule has 1 aliphatic rings. The average Bonchev–Trinajstić information content (AvgIpc) is 2.75. The van der Waals surface area contributed by atoms with Crippen LogP contribution in [-0.2, 0) is 19.7 Å². The molecule has 1 aliphatic heterocycles. The van der Waals surface area contributed by atoms with Gasteiger partial charge in [0.25, 0.3) is 0 Å². The molecule has 0 fully saturated rings. The molecule has 7 heteroatoms. The van der Waals surface area contributed by atoms with Crippen molar-refractivity contribution in [3.63, 3.8) is 0 Å². The Kier molecular flexibility index (Phi) is 4.47. The Morgan fingerprint density at radius 1 is 0.800 bits per heavy atom. The van der Waals surface area contributed by atoms with Gasteiger partial charge in [0.2, 0.25) is 19.7 Å². The normalized spacial score (nSPS) is 17.1. The number of nitrogens with zero attached hydrogens (tertiary/aromatic N) is 1. The smallest absolute Gasteiger partial charge is 0.219 e. The van der Waals surface area contributed by atoms with Crippen LogP contribution in [0.15, 0.2) is 62.6 Å². The molecular weight excluding hydrogens is 358 g/mol. The highest BCUT2D eigenvalue weighted by Gasteiger charge is 2.44. The number of anilines is 1. The third-order valence-corrected chi connectivity index (χ3v) is 8.87. The SMILES string of the molecule is CCN(CC)c1ccc(C=C2S(=O)(=O)c3ccccc3S2(=O)=O)cc1. The topological polar surface area (TPSA) is 71.5 Å². The molecule has 0 amide bonds. The number of hydrogen-bond donors (Lipinski definition) is 0. The van der Waals surface area contributed by atoms with E-state index in [-0.39, 0.29) is 9.79 Å². The van der Waals surface area contributed by atoms with Crippen molar-refractivity contribution in [1.29, 1.82) is 0 Å². The second-order valence-corrected chi connectivity index (χ2v) is 9.71. The van der Waals surface area contributed by atoms with Crippen molar-refractivity contribution >= 4 is 31.4 Å². The van der Waals surface area contributed by atoms with E-state index in [1.807, 2.05) is 26.0 Å². The van der Waals surface area contributed by atoms with E-state index in [1.165, 1.54) is 30.3 Å². The minimum absolute atomic E-state index is 0.152. The Morgan fingerprint density at radius 3 is 1.72 bits per heavy atom. The first-order valence-electron chi connectivity index (χ1n) is 7.98. The van der Waals surface area contributed by atoms with Crippen molar-refractivity contribution in [3.8, 4) is 0 Å². The van der Waals surface area contributed by atoms with Crippen LogP contribution < -0.4 is 4.90 Å². The van der Waals surface area contributed by atoms with E-state index in [0.29, 0.717) is 5.56 Å². The molecule has 5 nitrogen and oxygen atoms in total. The van der Waals surface area contributed by atoms with Crippen LogP contribution in [0.5, 0.6) is 0 Å². The number of sulfone groups is 2. The second kappa shape index (κ2) is 6.31. The van der Waals surface area contributed by atoms with Gasteiger partial charge in [0.15, 0.2) is 4.24 Å². The summed E-state index contributed by atoms with van der Waals surface area (Å²) in [4.78, 5) is 1.84. The Morgan fingerprint density at radius 2 is 1.28 bits per heavy atom. The van der Waals surface area contributed by atoms with Crippen LogP contribution >= 0.6 is 0 Å². The molecule has 0 bridgehead atoms. The Labute approximate surface area is 148 Å². The van der Waals surface area contributed by atoms with Crippen molar-refractivity contribution in [3.05, 3.63) is 58.3 Å². The van der Waals surface area contributed by atoms with Gasteiger partial charge < -0.3 is 4.90 Å². The van der Waals surface area contributed by atoms with E-state index in [9.17, 15) is 16.8 Å². The van der Waals surface area contributed by atoms with Gasteiger partial charge in [0.1, 0.15) is 0 Å². The maximum Gasteiger partial charge on any atom is 0.219 e. The van der Waals surface area contributed by atoms with Crippen molar-refractivity contribution in [2.45, 2.75) is 23.6 Å². The number of hydrogen-bond acceptors (Lipinski definition) is 5. The van der Waals surface area contributed by atoms with Crippen molar-refractivity contribution in [2.24, 2.45) is 0 Å². The minimum Gasteiger partial charge on any atom is -0.372 e. The van der Waals surface area contributed by atoms with E-state index in [4.69, 9.17) is 0 Å². The van der Waals surface area contributed by atoms with Crippen LogP contribution in [0, 0.1) is 0 Å². The summed E-state index contributed by atoms with van der Waals surface area (Å²) in [6.07, 6.45) is 1.23. The van der Waals surface area contributed by atoms with E-state index in [1.54, 1.807) is 12.1 Å². The Hall–Kier alpha value is -2.12. The Bertz CT molecular complexity index is 978. The second-order valence-electron chi connectivity index (χ2n) is 5.68. The van der Waals surface area contributed by atoms with Gasteiger partial charge in [0, 0.05) is 18.8 Å². The fourth-order valence-corrected chi connectivity index (χ4v) is 7.47. The largest absolute Gasteiger partial charge is 0.372 e. The first-order chi connectivity index (χ1) is 11.8. The van der Waals surface area contributed by atoms with E-state index >= 15 is 0 Å². The first kappa shape index (κ1) is 17.7. The standard InChI is InChI=1S/C18H19NO4S2/c1-3-19(4-2)15-11-9-14(10-12-15)13-18-24(20,21)16-7-5-6-8-17(16)25(18,22)23/h5-13H,3-4H2,1-2H3. The van der Waals surface area contributed by atoms with Crippen LogP contribution in [-0.4, -0.2) is 29.9 Å². The molecule has 0 saturated carbocycles. The molecule has 3 rings (SSSR count). The lowest BCUT2D eigenvalue weighted by molar-refractivity contribution is 0.603. The van der Waals surface area contributed by atoms with Gasteiger partial charge in [-0.15, -0.1) is 0 Å². The summed E-state index contributed by atoms with van der Waals surface area (Å²) in [6, 6.07) is 12.9. The molecule has 0 radical (unpaired) electrons. The van der Waals surface area contributed by atoms with E-state index < -0.39 is 23.9 Å². The molecule has 25 heavy (non-hydrogen) atoms. The monoisotopic (exact) mass is 377 g/mol. The minimum atomic E-state index is -4.03. The lowest BCUT2D eigenvalue weighted by Gasteiger charge is -2.20. The summed E-state index contributed by atoms with van der Waals surface area (Å²) in [7, 11) is -8.05. The molecule has 2 aromatic carbocycles. The molecular formula is C18H19NO4S2. The molecule has 132 valence electrons. The predicted molar refractivity (Wildman–Crippen MR) is 98.8 cm³/mol. The van der Waals surface area contributed by atoms with E-state index in [2.05, 4.69) is 4.90 Å². The highest BCUT2D eigenvalue weighted by molar-refractivity contribution is 8.17. The highest BCUT2D eigenvalue weighted by atomic mass is 32.3. The zero-order valence-electron chi connectivity index (χ0n) is 14.0. The third-order valence-electron chi connectivity index (χ3n) is 4.26. The van der Waals surface area contributed by atoms with Crippen molar-refractivity contribution in [1.82, 2.24) is 0 Å². The predicted octanol–water partition coefficient (Wildman–Crippen LogP) is 3.09. The molecule has 2 aromatic rings. The van der Waals surface area contributed by atoms with Gasteiger partial charge in [-0.05, 0) is 49.8 Å². The molecule has 0 N–H and O–H groups in total. The summed E-state index contributed by atoms with van der Waals surface area (Å²) in [5.41, 5.74) is 1.54. The molecule has 1 heterocycles. The van der Waals surface area contributed by atoms with Crippen LogP contribution in [0.3, 0.4) is 0 Å². The molecule has 0 unspecified atom stereocenters. The lowest BCUT2D eigenvalue weighted by Crippen LogP contribution is -2.21. The molecule has 0 aliphatic carbocycles. The fourth-order valence-electron chi connectivity index (χ4n) is 2.92. The van der Waals surface area contributed by atoms with Crippen LogP contribution in [0.25, 0.3) is 6.08 Å². The number of fused-ring (bicyclic) bond motifs is 1. The van der Waals surface area contributed by atoms with Gasteiger partial charge >= 0.3 is 0 Å². The summed E-state index contributed by atoms with van der Waals surface area (Å²) in [5.74, 6) is 0. The van der Waals surface area contributed by atoms with Crippen LogP contribution in [0.1, 0.15) is 19.4 Å². The summed E-state index contributed by atoms with van der Waals surface area (Å²) >= 11 is 0. The molecule has 0 spiro atoms. The first-order valence-corrected chi connectivity index (χ1v) is 10.9. The quantitative estimate of drug-likeness (QED) is 0.819. The molecule has 0 aromatic heterocycles. The molecule has 0 saturated heterocycles. The molecule has 0 atom stereocenters. The Balaban J connectivity index is 2.08. The average molecular weight is 377 g/mol. The zero-order chi connectivity index (χ0) is 18.2. The highest BCUT2D eigenvalue weighted by Crippen LogP contribution is 2.41. The zero-order valence-corrected chi connectivity index (χ0v) is 15.6.